The summed E-state index contributed by atoms with van der Waals surface area (Å²) >= 11 is 0. The quantitative estimate of drug-likeness (QED) is 0.535. The summed E-state index contributed by atoms with van der Waals surface area (Å²) in [6.07, 6.45) is 6.60. The van der Waals surface area contributed by atoms with E-state index >= 15 is 0 Å². The van der Waals surface area contributed by atoms with Crippen LogP contribution in [0, 0.1) is 11.3 Å². The fourth-order valence-corrected chi connectivity index (χ4v) is 5.15. The van der Waals surface area contributed by atoms with Crippen molar-refractivity contribution in [2.24, 2.45) is 11.3 Å². The molecule has 2 aliphatic rings. The van der Waals surface area contributed by atoms with Gasteiger partial charge in [-0.3, -0.25) is 9.78 Å². The van der Waals surface area contributed by atoms with E-state index in [-0.39, 0.29) is 17.3 Å². The number of likely N-dealkylation sites (tertiary alicyclic amines) is 1. The predicted octanol–water partition coefficient (Wildman–Crippen LogP) is 4.54. The summed E-state index contributed by atoms with van der Waals surface area (Å²) < 4.78 is 5.95. The number of hydrogen-bond acceptors (Lipinski definition) is 5. The number of ether oxygens (including phenoxy) is 1. The molecule has 2 atom stereocenters. The SMILES string of the molecule is C=C1[C@@H]2CCC[C@@]1(COC(=O)c1ccccc1-c1cncc(NC(C)=O)c1)CN(CC)C2. The molecule has 1 aliphatic heterocycles. The number of anilines is 1. The van der Waals surface area contributed by atoms with Crippen molar-refractivity contribution in [2.75, 3.05) is 31.6 Å². The van der Waals surface area contributed by atoms with E-state index in [0.29, 0.717) is 23.8 Å². The van der Waals surface area contributed by atoms with Gasteiger partial charge in [0.25, 0.3) is 0 Å². The van der Waals surface area contributed by atoms with Gasteiger partial charge >= 0.3 is 5.97 Å². The van der Waals surface area contributed by atoms with Gasteiger partial charge in [-0.05, 0) is 43.0 Å². The molecule has 2 aromatic rings. The van der Waals surface area contributed by atoms with E-state index in [1.807, 2.05) is 24.3 Å². The van der Waals surface area contributed by atoms with Crippen molar-refractivity contribution >= 4 is 17.6 Å². The number of benzene rings is 1. The van der Waals surface area contributed by atoms with E-state index in [9.17, 15) is 9.59 Å². The molecule has 0 unspecified atom stereocenters. The Morgan fingerprint density at radius 1 is 1.31 bits per heavy atom. The molecule has 2 bridgehead atoms. The standard InChI is InChI=1S/C26H31N3O3/c1-4-29-15-20-8-7-11-26(16-29,18(20)2)17-32-25(31)24-10-6-5-9-23(24)21-12-22(14-27-13-21)28-19(3)30/h5-6,9-10,12-14,20H,2,4,7-8,11,15-17H2,1,3H3,(H,28,30)/t20-,26+/m1/s1. The Balaban J connectivity index is 1.55. The lowest BCUT2D eigenvalue weighted by Gasteiger charge is -2.51. The molecule has 6 nitrogen and oxygen atoms in total. The maximum atomic E-state index is 13.2. The van der Waals surface area contributed by atoms with E-state index in [1.54, 1.807) is 18.5 Å². The van der Waals surface area contributed by atoms with Crippen LogP contribution in [0.4, 0.5) is 5.69 Å². The van der Waals surface area contributed by atoms with Crippen LogP contribution in [0.15, 0.2) is 54.9 Å². The molecule has 1 aromatic carbocycles. The van der Waals surface area contributed by atoms with Gasteiger partial charge in [0.05, 0.1) is 17.4 Å². The van der Waals surface area contributed by atoms with Crippen LogP contribution in [0.3, 0.4) is 0 Å². The van der Waals surface area contributed by atoms with Crippen LogP contribution in [0.25, 0.3) is 11.1 Å². The van der Waals surface area contributed by atoms with Gasteiger partial charge in [-0.1, -0.05) is 43.7 Å². The van der Waals surface area contributed by atoms with Crippen molar-refractivity contribution in [3.63, 3.8) is 0 Å². The lowest BCUT2D eigenvalue weighted by molar-refractivity contribution is -0.114. The summed E-state index contributed by atoms with van der Waals surface area (Å²) in [5.41, 5.74) is 3.65. The Labute approximate surface area is 189 Å². The van der Waals surface area contributed by atoms with Crippen LogP contribution in [0.2, 0.25) is 0 Å². The maximum Gasteiger partial charge on any atom is 0.338 e. The Morgan fingerprint density at radius 3 is 2.91 bits per heavy atom. The number of piperidine rings is 1. The second kappa shape index (κ2) is 9.25. The Morgan fingerprint density at radius 2 is 2.12 bits per heavy atom. The molecule has 2 fully saturated rings. The smallest absolute Gasteiger partial charge is 0.338 e. The second-order valence-electron chi connectivity index (χ2n) is 8.99. The molecule has 1 saturated carbocycles. The minimum atomic E-state index is -0.344. The molecular weight excluding hydrogens is 402 g/mol. The summed E-state index contributed by atoms with van der Waals surface area (Å²) in [5.74, 6) is -0.0231. The van der Waals surface area contributed by atoms with Crippen LogP contribution in [0.1, 0.15) is 43.5 Å². The highest BCUT2D eigenvalue weighted by Crippen LogP contribution is 2.47. The average Bonchev–Trinajstić information content (AvgIpc) is 2.78. The molecule has 2 heterocycles. The van der Waals surface area contributed by atoms with Crippen molar-refractivity contribution < 1.29 is 14.3 Å². The number of nitrogens with one attached hydrogen (secondary N) is 1. The molecule has 168 valence electrons. The zero-order valence-electron chi connectivity index (χ0n) is 18.9. The number of aromatic nitrogens is 1. The molecule has 1 aliphatic carbocycles. The Kier molecular flexibility index (Phi) is 6.42. The van der Waals surface area contributed by atoms with Gasteiger partial charge in [0, 0.05) is 37.2 Å². The highest BCUT2D eigenvalue weighted by atomic mass is 16.5. The zero-order chi connectivity index (χ0) is 22.7. The summed E-state index contributed by atoms with van der Waals surface area (Å²) in [7, 11) is 0. The van der Waals surface area contributed by atoms with E-state index in [2.05, 4.69) is 28.7 Å². The van der Waals surface area contributed by atoms with Gasteiger partial charge in [-0.2, -0.15) is 0 Å². The van der Waals surface area contributed by atoms with Crippen LogP contribution >= 0.6 is 0 Å². The summed E-state index contributed by atoms with van der Waals surface area (Å²) in [6.45, 7) is 11.4. The summed E-state index contributed by atoms with van der Waals surface area (Å²) in [4.78, 5) is 31.3. The molecule has 0 radical (unpaired) electrons. The van der Waals surface area contributed by atoms with Crippen molar-refractivity contribution in [2.45, 2.75) is 33.1 Å². The van der Waals surface area contributed by atoms with Crippen molar-refractivity contribution in [1.29, 1.82) is 0 Å². The number of rotatable bonds is 6. The van der Waals surface area contributed by atoms with Crippen LogP contribution in [-0.2, 0) is 9.53 Å². The third kappa shape index (κ3) is 4.46. The molecule has 32 heavy (non-hydrogen) atoms. The monoisotopic (exact) mass is 433 g/mol. The fraction of sp³-hybridized carbons (Fsp3) is 0.423. The van der Waals surface area contributed by atoms with Gasteiger partial charge in [-0.15, -0.1) is 0 Å². The number of carbonyl (C=O) groups is 2. The number of nitrogens with zero attached hydrogens (tertiary/aromatic N) is 2. The molecule has 1 saturated heterocycles. The average molecular weight is 434 g/mol. The van der Waals surface area contributed by atoms with Crippen LogP contribution in [-0.4, -0.2) is 48.0 Å². The first-order valence-electron chi connectivity index (χ1n) is 11.3. The molecule has 4 rings (SSSR count). The van der Waals surface area contributed by atoms with Gasteiger partial charge in [0.2, 0.25) is 5.91 Å². The largest absolute Gasteiger partial charge is 0.461 e. The predicted molar refractivity (Wildman–Crippen MR) is 125 cm³/mol. The van der Waals surface area contributed by atoms with Gasteiger partial charge in [-0.25, -0.2) is 4.79 Å². The maximum absolute atomic E-state index is 13.2. The van der Waals surface area contributed by atoms with E-state index in [0.717, 1.165) is 43.6 Å². The summed E-state index contributed by atoms with van der Waals surface area (Å²) in [5, 5.41) is 2.74. The third-order valence-electron chi connectivity index (χ3n) is 6.83. The number of hydrogen-bond donors (Lipinski definition) is 1. The minimum absolute atomic E-state index is 0.158. The molecule has 1 amide bonds. The lowest BCUT2D eigenvalue weighted by Crippen LogP contribution is -2.53. The zero-order valence-corrected chi connectivity index (χ0v) is 18.9. The lowest BCUT2D eigenvalue weighted by atomic mass is 9.63. The first-order valence-corrected chi connectivity index (χ1v) is 11.3. The number of pyridine rings is 1. The van der Waals surface area contributed by atoms with E-state index < -0.39 is 0 Å². The molecule has 1 N–H and O–H groups in total. The first-order chi connectivity index (χ1) is 15.4. The van der Waals surface area contributed by atoms with Gasteiger partial charge in [0.1, 0.15) is 6.61 Å². The fourth-order valence-electron chi connectivity index (χ4n) is 5.15. The van der Waals surface area contributed by atoms with E-state index in [1.165, 1.54) is 18.9 Å². The van der Waals surface area contributed by atoms with Crippen LogP contribution in [0.5, 0.6) is 0 Å². The molecular formula is C26H31N3O3. The van der Waals surface area contributed by atoms with Crippen molar-refractivity contribution in [3.8, 4) is 11.1 Å². The highest BCUT2D eigenvalue weighted by Gasteiger charge is 2.46. The summed E-state index contributed by atoms with van der Waals surface area (Å²) in [6, 6.07) is 9.17. The van der Waals surface area contributed by atoms with Gasteiger partial charge in [0.15, 0.2) is 0 Å². The third-order valence-corrected chi connectivity index (χ3v) is 6.83. The second-order valence-corrected chi connectivity index (χ2v) is 8.99. The first kappa shape index (κ1) is 22.2. The topological polar surface area (TPSA) is 71.5 Å². The molecule has 1 aromatic heterocycles. The number of carbonyl (C=O) groups excluding carboxylic acids is 2. The molecule has 0 spiro atoms. The van der Waals surface area contributed by atoms with Crippen LogP contribution < -0.4 is 5.32 Å². The normalized spacial score (nSPS) is 22.9. The Hall–Kier alpha value is -2.99. The van der Waals surface area contributed by atoms with Crippen molar-refractivity contribution in [1.82, 2.24) is 9.88 Å². The highest BCUT2D eigenvalue weighted by molar-refractivity contribution is 5.98. The number of fused-ring (bicyclic) bond motifs is 2. The minimum Gasteiger partial charge on any atom is -0.461 e. The van der Waals surface area contributed by atoms with Crippen molar-refractivity contribution in [3.05, 3.63) is 60.4 Å². The van der Waals surface area contributed by atoms with Gasteiger partial charge < -0.3 is 15.0 Å². The Bertz CT molecular complexity index is 1030. The molecule has 6 heteroatoms. The van der Waals surface area contributed by atoms with E-state index in [4.69, 9.17) is 4.74 Å². The number of amides is 1. The number of esters is 1.